The average Bonchev–Trinajstić information content (AvgIpc) is 2.81. The highest BCUT2D eigenvalue weighted by atomic mass is 35.5. The minimum atomic E-state index is -3.97. The highest BCUT2D eigenvalue weighted by Crippen LogP contribution is 2.50. The van der Waals surface area contributed by atoms with E-state index in [0.717, 1.165) is 0 Å². The fraction of sp³-hybridized carbons (Fsp3) is 0.588. The van der Waals surface area contributed by atoms with Crippen LogP contribution in [0.5, 0.6) is 5.75 Å². The Morgan fingerprint density at radius 2 is 2.00 bits per heavy atom. The number of ether oxygens (including phenoxy) is 2. The first kappa shape index (κ1) is 22.2. The van der Waals surface area contributed by atoms with Gasteiger partial charge in [-0.3, -0.25) is 9.32 Å². The van der Waals surface area contributed by atoms with E-state index in [4.69, 9.17) is 30.1 Å². The number of hydrogen-bond acceptors (Lipinski definition) is 6. The van der Waals surface area contributed by atoms with Gasteiger partial charge in [0.1, 0.15) is 25.7 Å². The topological polar surface area (TPSA) is 83.1 Å². The number of hydrogen-bond donors (Lipinski definition) is 1. The molecule has 1 aromatic rings. The van der Waals surface area contributed by atoms with E-state index in [1.807, 2.05) is 7.85 Å². The Bertz CT molecular complexity index is 689. The lowest BCUT2D eigenvalue weighted by atomic mass is 9.86. The lowest BCUT2D eigenvalue weighted by Gasteiger charge is -2.30. The van der Waals surface area contributed by atoms with Crippen molar-refractivity contribution in [2.75, 3.05) is 6.61 Å². The van der Waals surface area contributed by atoms with E-state index in [1.54, 1.807) is 51.1 Å². The largest absolute Gasteiger partial charge is 0.462 e. The van der Waals surface area contributed by atoms with Gasteiger partial charge in [0.15, 0.2) is 0 Å². The lowest BCUT2D eigenvalue weighted by Crippen LogP contribution is -2.42. The van der Waals surface area contributed by atoms with Gasteiger partial charge in [0.05, 0.1) is 17.6 Å². The molecule has 1 aromatic carbocycles. The van der Waals surface area contributed by atoms with Gasteiger partial charge in [-0.05, 0) is 39.8 Å². The summed E-state index contributed by atoms with van der Waals surface area (Å²) in [5, 5.41) is 2.65. The molecule has 0 bridgehead atoms. The summed E-state index contributed by atoms with van der Waals surface area (Å²) in [6, 6.07) is 7.36. The van der Waals surface area contributed by atoms with Gasteiger partial charge in [-0.1, -0.05) is 18.2 Å². The summed E-state index contributed by atoms with van der Waals surface area (Å²) in [7, 11) is -2.15. The first-order chi connectivity index (χ1) is 12.5. The van der Waals surface area contributed by atoms with Gasteiger partial charge in [-0.2, -0.15) is 5.09 Å². The Morgan fingerprint density at radius 3 is 2.52 bits per heavy atom. The third-order valence-corrected chi connectivity index (χ3v) is 6.45. The van der Waals surface area contributed by atoms with Crippen molar-refractivity contribution in [3.63, 3.8) is 0 Å². The fourth-order valence-electron chi connectivity index (χ4n) is 2.44. The zero-order valence-corrected chi connectivity index (χ0v) is 17.8. The molecule has 1 aliphatic rings. The summed E-state index contributed by atoms with van der Waals surface area (Å²) < 4.78 is 35.5. The summed E-state index contributed by atoms with van der Waals surface area (Å²) in [6.45, 7) is 6.91. The van der Waals surface area contributed by atoms with Crippen LogP contribution in [0.15, 0.2) is 30.3 Å². The number of esters is 1. The molecule has 27 heavy (non-hydrogen) atoms. The molecule has 1 fully saturated rings. The predicted molar refractivity (Wildman–Crippen MR) is 106 cm³/mol. The molecular formula is C17H26BClNO6P. The maximum Gasteiger partial charge on any atom is 0.459 e. The average molecular weight is 418 g/mol. The Kier molecular flexibility index (Phi) is 7.39. The van der Waals surface area contributed by atoms with Crippen molar-refractivity contribution in [2.24, 2.45) is 0 Å². The molecule has 0 saturated carbocycles. The maximum absolute atomic E-state index is 13.5. The van der Waals surface area contributed by atoms with Crippen LogP contribution in [0.4, 0.5) is 0 Å². The smallest absolute Gasteiger partial charge is 0.459 e. The third-order valence-electron chi connectivity index (χ3n) is 4.21. The normalized spacial score (nSPS) is 28.5. The fourth-order valence-corrected chi connectivity index (χ4v) is 4.43. The van der Waals surface area contributed by atoms with Crippen molar-refractivity contribution in [3.8, 4) is 5.75 Å². The maximum atomic E-state index is 13.5. The van der Waals surface area contributed by atoms with E-state index in [9.17, 15) is 9.36 Å². The van der Waals surface area contributed by atoms with Crippen LogP contribution in [-0.2, 0) is 23.4 Å². The monoisotopic (exact) mass is 417 g/mol. The molecule has 7 nitrogen and oxygen atoms in total. The molecule has 1 heterocycles. The van der Waals surface area contributed by atoms with Crippen LogP contribution in [-0.4, -0.2) is 49.5 Å². The lowest BCUT2D eigenvalue weighted by molar-refractivity contribution is -0.149. The first-order valence-electron chi connectivity index (χ1n) is 8.85. The van der Waals surface area contributed by atoms with Crippen molar-refractivity contribution < 1.29 is 27.9 Å². The Labute approximate surface area is 166 Å². The molecule has 2 rings (SSSR count). The highest BCUT2D eigenvalue weighted by Gasteiger charge is 2.49. The molecule has 1 unspecified atom stereocenters. The first-order valence-corrected chi connectivity index (χ1v) is 10.8. The molecule has 0 amide bonds. The number of benzene rings is 1. The minimum Gasteiger partial charge on any atom is -0.462 e. The van der Waals surface area contributed by atoms with Gasteiger partial charge in [0, 0.05) is 6.00 Å². The number of para-hydroxylation sites is 1. The molecule has 0 aromatic heterocycles. The molecule has 10 heteroatoms. The number of halogens is 1. The molecular weight excluding hydrogens is 391 g/mol. The number of nitrogens with one attached hydrogen (secondary N) is 1. The Hall–Kier alpha value is -1.05. The van der Waals surface area contributed by atoms with Crippen LogP contribution < -0.4 is 9.61 Å². The zero-order valence-electron chi connectivity index (χ0n) is 16.2. The summed E-state index contributed by atoms with van der Waals surface area (Å²) in [4.78, 5) is 11.2. The molecule has 1 aliphatic heterocycles. The highest BCUT2D eigenvalue weighted by molar-refractivity contribution is 7.52. The standard InChI is InChI=1S/C17H26BClNO6P/c1-11(2)24-15(21)12(3)20-27(22,25-13-8-6-5-7-9-13)26-14-10-23-16(18)17(14,4)19/h5-9,11-12,14,16H,10,18H2,1-4H3,(H,20,22)/t12-,14-,16-,17-,27?/m1/s1. The molecule has 0 radical (unpaired) electrons. The van der Waals surface area contributed by atoms with Gasteiger partial charge in [0.2, 0.25) is 0 Å². The van der Waals surface area contributed by atoms with Gasteiger partial charge in [-0.25, -0.2) is 4.57 Å². The van der Waals surface area contributed by atoms with E-state index >= 15 is 0 Å². The Morgan fingerprint density at radius 1 is 1.37 bits per heavy atom. The molecule has 0 spiro atoms. The molecule has 150 valence electrons. The van der Waals surface area contributed by atoms with Gasteiger partial charge in [0.25, 0.3) is 0 Å². The van der Waals surface area contributed by atoms with Crippen LogP contribution in [0.25, 0.3) is 0 Å². The van der Waals surface area contributed by atoms with Crippen LogP contribution in [0, 0.1) is 0 Å². The summed E-state index contributed by atoms with van der Waals surface area (Å²) in [6.07, 6.45) is -0.989. The zero-order chi connectivity index (χ0) is 20.2. The second-order valence-electron chi connectivity index (χ2n) is 6.96. The van der Waals surface area contributed by atoms with E-state index in [0.29, 0.717) is 5.75 Å². The van der Waals surface area contributed by atoms with Gasteiger partial charge in [-0.15, -0.1) is 11.6 Å². The number of rotatable bonds is 8. The second kappa shape index (κ2) is 8.97. The van der Waals surface area contributed by atoms with Crippen molar-refractivity contribution in [1.29, 1.82) is 0 Å². The number of carbonyl (C=O) groups is 1. The van der Waals surface area contributed by atoms with Crippen molar-refractivity contribution in [2.45, 2.75) is 56.8 Å². The summed E-state index contributed by atoms with van der Waals surface area (Å²) in [5.74, 6) is -0.226. The van der Waals surface area contributed by atoms with Crippen molar-refractivity contribution in [1.82, 2.24) is 5.09 Å². The van der Waals surface area contributed by atoms with Crippen LogP contribution in [0.3, 0.4) is 0 Å². The van der Waals surface area contributed by atoms with Crippen molar-refractivity contribution >= 4 is 33.2 Å². The van der Waals surface area contributed by atoms with Crippen LogP contribution >= 0.6 is 19.3 Å². The van der Waals surface area contributed by atoms with E-state index in [1.165, 1.54) is 6.92 Å². The van der Waals surface area contributed by atoms with Crippen LogP contribution in [0.1, 0.15) is 27.7 Å². The van der Waals surface area contributed by atoms with E-state index < -0.39 is 30.7 Å². The van der Waals surface area contributed by atoms with E-state index in [2.05, 4.69) is 5.09 Å². The van der Waals surface area contributed by atoms with Crippen LogP contribution in [0.2, 0.25) is 0 Å². The minimum absolute atomic E-state index is 0.163. The number of alkyl halides is 1. The predicted octanol–water partition coefficient (Wildman–Crippen LogP) is 2.48. The second-order valence-corrected chi connectivity index (χ2v) is 9.42. The van der Waals surface area contributed by atoms with Gasteiger partial charge < -0.3 is 14.0 Å². The number of carbonyl (C=O) groups excluding carboxylic acids is 1. The summed E-state index contributed by atoms with van der Waals surface area (Å²) >= 11 is 6.51. The quantitative estimate of drug-likeness (QED) is 0.301. The van der Waals surface area contributed by atoms with Crippen molar-refractivity contribution in [3.05, 3.63) is 30.3 Å². The van der Waals surface area contributed by atoms with Gasteiger partial charge >= 0.3 is 13.7 Å². The SMILES string of the molecule is B[C@@H]1OC[C@@H](OP(=O)(N[C@H](C)C(=O)OC(C)C)Oc2ccccc2)[C@@]1(C)Cl. The molecule has 5 atom stereocenters. The third kappa shape index (κ3) is 5.96. The van der Waals surface area contributed by atoms with E-state index in [-0.39, 0.29) is 18.7 Å². The molecule has 1 saturated heterocycles. The summed E-state index contributed by atoms with van der Waals surface area (Å²) in [5.41, 5.74) is 0. The molecule has 1 N–H and O–H groups in total. The molecule has 0 aliphatic carbocycles. The Balaban J connectivity index is 2.20.